The van der Waals surface area contributed by atoms with Crippen LogP contribution in [0.3, 0.4) is 0 Å². The van der Waals surface area contributed by atoms with Gasteiger partial charge in [0, 0.05) is 25.2 Å². The first-order chi connectivity index (χ1) is 12.2. The first-order valence-corrected chi connectivity index (χ1v) is 8.80. The summed E-state index contributed by atoms with van der Waals surface area (Å²) in [5.41, 5.74) is 2.29. The van der Waals surface area contributed by atoms with Crippen LogP contribution >= 0.6 is 0 Å². The molecule has 2 N–H and O–H groups in total. The molecule has 1 aliphatic heterocycles. The zero-order chi connectivity index (χ0) is 19.3. The van der Waals surface area contributed by atoms with Crippen LogP contribution in [0.1, 0.15) is 31.9 Å². The second-order valence-corrected chi connectivity index (χ2v) is 7.45. The van der Waals surface area contributed by atoms with Crippen LogP contribution in [-0.2, 0) is 20.7 Å². The Morgan fingerprint density at radius 2 is 1.96 bits per heavy atom. The summed E-state index contributed by atoms with van der Waals surface area (Å²) in [6, 6.07) is 4.91. The first-order valence-electron chi connectivity index (χ1n) is 8.80. The largest absolute Gasteiger partial charge is 0.480 e. The molecule has 1 unspecified atom stereocenters. The highest BCUT2D eigenvalue weighted by molar-refractivity contribution is 5.80. The molecule has 1 amide bonds. The summed E-state index contributed by atoms with van der Waals surface area (Å²) in [6.45, 7) is 10.3. The van der Waals surface area contributed by atoms with Crippen molar-refractivity contribution in [3.05, 3.63) is 29.3 Å². The minimum atomic E-state index is -1.09. The van der Waals surface area contributed by atoms with Crippen LogP contribution in [0.4, 0.5) is 10.5 Å². The number of hydrogen-bond acceptors (Lipinski definition) is 5. The van der Waals surface area contributed by atoms with E-state index in [4.69, 9.17) is 9.47 Å². The van der Waals surface area contributed by atoms with Crippen LogP contribution in [0, 0.1) is 6.92 Å². The van der Waals surface area contributed by atoms with Gasteiger partial charge in [-0.25, -0.2) is 9.59 Å². The zero-order valence-electron chi connectivity index (χ0n) is 15.9. The van der Waals surface area contributed by atoms with Crippen LogP contribution < -0.4 is 10.2 Å². The molecule has 144 valence electrons. The number of alkyl carbamates (subject to hydrolysis) is 1. The number of morpholine rings is 1. The molecular formula is C19H28N2O5. The molecule has 0 aliphatic carbocycles. The smallest absolute Gasteiger partial charge is 0.408 e. The van der Waals surface area contributed by atoms with Gasteiger partial charge in [0.2, 0.25) is 0 Å². The number of nitrogens with zero attached hydrogens (tertiary/aromatic N) is 1. The molecule has 0 bridgehead atoms. The molecule has 2 rings (SSSR count). The minimum Gasteiger partial charge on any atom is -0.480 e. The number of aryl methyl sites for hydroxylation is 1. The number of carboxylic acid groups (broad SMARTS) is 1. The van der Waals surface area contributed by atoms with Crippen molar-refractivity contribution in [2.75, 3.05) is 31.2 Å². The second kappa shape index (κ2) is 8.40. The van der Waals surface area contributed by atoms with E-state index < -0.39 is 23.7 Å². The Hall–Kier alpha value is -2.28. The highest BCUT2D eigenvalue weighted by Crippen LogP contribution is 2.21. The lowest BCUT2D eigenvalue weighted by Crippen LogP contribution is -2.44. The van der Waals surface area contributed by atoms with Crippen molar-refractivity contribution in [2.24, 2.45) is 0 Å². The standard InChI is InChI=1S/C19H28N2O5/c1-13-11-15(21-7-9-25-10-8-21)6-5-14(13)12-16(17(22)23)20-18(24)26-19(2,3)4/h5-6,11,16H,7-10,12H2,1-4H3,(H,20,24)(H,22,23). The fourth-order valence-corrected chi connectivity index (χ4v) is 2.80. The van der Waals surface area contributed by atoms with Gasteiger partial charge in [-0.2, -0.15) is 0 Å². The van der Waals surface area contributed by atoms with Crippen LogP contribution in [0.15, 0.2) is 18.2 Å². The average Bonchev–Trinajstić information content (AvgIpc) is 2.54. The van der Waals surface area contributed by atoms with Gasteiger partial charge < -0.3 is 24.8 Å². The van der Waals surface area contributed by atoms with Gasteiger partial charge in [0.05, 0.1) is 13.2 Å². The monoisotopic (exact) mass is 364 g/mol. The van der Waals surface area contributed by atoms with Crippen molar-refractivity contribution in [2.45, 2.75) is 45.8 Å². The third kappa shape index (κ3) is 5.91. The Morgan fingerprint density at radius 1 is 1.31 bits per heavy atom. The molecule has 7 heteroatoms. The second-order valence-electron chi connectivity index (χ2n) is 7.45. The summed E-state index contributed by atoms with van der Waals surface area (Å²) in [7, 11) is 0. The molecule has 26 heavy (non-hydrogen) atoms. The normalized spacial score (nSPS) is 16.1. The van der Waals surface area contributed by atoms with Crippen molar-refractivity contribution in [3.8, 4) is 0 Å². The van der Waals surface area contributed by atoms with Crippen molar-refractivity contribution in [3.63, 3.8) is 0 Å². The van der Waals surface area contributed by atoms with Gasteiger partial charge >= 0.3 is 12.1 Å². The van der Waals surface area contributed by atoms with Gasteiger partial charge in [0.15, 0.2) is 0 Å². The lowest BCUT2D eigenvalue weighted by Gasteiger charge is -2.29. The van der Waals surface area contributed by atoms with E-state index in [2.05, 4.69) is 10.2 Å². The van der Waals surface area contributed by atoms with Crippen molar-refractivity contribution < 1.29 is 24.2 Å². The van der Waals surface area contributed by atoms with Gasteiger partial charge in [-0.1, -0.05) is 6.07 Å². The SMILES string of the molecule is Cc1cc(N2CCOCC2)ccc1CC(NC(=O)OC(C)(C)C)C(=O)O. The number of carboxylic acids is 1. The van der Waals surface area contributed by atoms with E-state index in [0.717, 1.165) is 29.9 Å². The molecule has 0 radical (unpaired) electrons. The maximum atomic E-state index is 11.9. The quantitative estimate of drug-likeness (QED) is 0.834. The minimum absolute atomic E-state index is 0.198. The number of ether oxygens (including phenoxy) is 2. The lowest BCUT2D eigenvalue weighted by molar-refractivity contribution is -0.139. The van der Waals surface area contributed by atoms with Gasteiger partial charge in [-0.05, 0) is 51.0 Å². The zero-order valence-corrected chi connectivity index (χ0v) is 15.9. The third-order valence-electron chi connectivity index (χ3n) is 4.12. The van der Waals surface area contributed by atoms with E-state index in [0.29, 0.717) is 13.2 Å². The van der Waals surface area contributed by atoms with Crippen LogP contribution in [0.2, 0.25) is 0 Å². The molecule has 1 aromatic rings. The molecule has 7 nitrogen and oxygen atoms in total. The van der Waals surface area contributed by atoms with Gasteiger partial charge in [-0.3, -0.25) is 0 Å². The van der Waals surface area contributed by atoms with Gasteiger partial charge in [0.1, 0.15) is 11.6 Å². The van der Waals surface area contributed by atoms with Gasteiger partial charge in [-0.15, -0.1) is 0 Å². The van der Waals surface area contributed by atoms with Crippen LogP contribution in [0.25, 0.3) is 0 Å². The summed E-state index contributed by atoms with van der Waals surface area (Å²) < 4.78 is 10.5. The Labute approximate surface area is 154 Å². The number of hydrogen-bond donors (Lipinski definition) is 2. The van der Waals surface area contributed by atoms with E-state index in [-0.39, 0.29) is 6.42 Å². The van der Waals surface area contributed by atoms with E-state index >= 15 is 0 Å². The number of rotatable bonds is 5. The number of carbonyl (C=O) groups is 2. The molecule has 1 aliphatic rings. The molecule has 0 saturated carbocycles. The number of nitrogens with one attached hydrogen (secondary N) is 1. The maximum absolute atomic E-state index is 11.9. The van der Waals surface area contributed by atoms with Crippen molar-refractivity contribution in [1.29, 1.82) is 0 Å². The topological polar surface area (TPSA) is 88.1 Å². The Kier molecular flexibility index (Phi) is 6.47. The molecule has 1 fully saturated rings. The number of carbonyl (C=O) groups excluding carboxylic acids is 1. The predicted molar refractivity (Wildman–Crippen MR) is 98.7 cm³/mol. The van der Waals surface area contributed by atoms with Crippen LogP contribution in [-0.4, -0.2) is 55.1 Å². The molecular weight excluding hydrogens is 336 g/mol. The predicted octanol–water partition coefficient (Wildman–Crippen LogP) is 2.35. The summed E-state index contributed by atoms with van der Waals surface area (Å²) in [6.07, 6.45) is -0.531. The molecule has 1 saturated heterocycles. The van der Waals surface area contributed by atoms with Crippen molar-refractivity contribution >= 4 is 17.7 Å². The fraction of sp³-hybridized carbons (Fsp3) is 0.579. The number of anilines is 1. The summed E-state index contributed by atoms with van der Waals surface area (Å²) in [5.74, 6) is -1.09. The van der Waals surface area contributed by atoms with Crippen molar-refractivity contribution in [1.82, 2.24) is 5.32 Å². The number of benzene rings is 1. The maximum Gasteiger partial charge on any atom is 0.408 e. The highest BCUT2D eigenvalue weighted by Gasteiger charge is 2.25. The Balaban J connectivity index is 2.06. The Bertz CT molecular complexity index is 648. The summed E-state index contributed by atoms with van der Waals surface area (Å²) >= 11 is 0. The van der Waals surface area contributed by atoms with E-state index in [9.17, 15) is 14.7 Å². The average molecular weight is 364 g/mol. The van der Waals surface area contributed by atoms with E-state index in [1.54, 1.807) is 20.8 Å². The fourth-order valence-electron chi connectivity index (χ4n) is 2.80. The third-order valence-corrected chi connectivity index (χ3v) is 4.12. The van der Waals surface area contributed by atoms with Gasteiger partial charge in [0.25, 0.3) is 0 Å². The summed E-state index contributed by atoms with van der Waals surface area (Å²) in [5, 5.41) is 11.9. The van der Waals surface area contributed by atoms with E-state index in [1.807, 2.05) is 25.1 Å². The lowest BCUT2D eigenvalue weighted by atomic mass is 10.00. The highest BCUT2D eigenvalue weighted by atomic mass is 16.6. The van der Waals surface area contributed by atoms with Crippen LogP contribution in [0.5, 0.6) is 0 Å². The Morgan fingerprint density at radius 3 is 2.50 bits per heavy atom. The number of amides is 1. The molecule has 1 heterocycles. The molecule has 0 aromatic heterocycles. The summed E-state index contributed by atoms with van der Waals surface area (Å²) in [4.78, 5) is 25.7. The molecule has 1 atom stereocenters. The first kappa shape index (κ1) is 20.0. The van der Waals surface area contributed by atoms with E-state index in [1.165, 1.54) is 0 Å². The molecule has 0 spiro atoms. The number of aliphatic carboxylic acids is 1. The molecule has 1 aromatic carbocycles.